The van der Waals surface area contributed by atoms with Crippen LogP contribution in [0.2, 0.25) is 0 Å². The summed E-state index contributed by atoms with van der Waals surface area (Å²) in [6.07, 6.45) is -4.06. The molecule has 0 bridgehead atoms. The Morgan fingerprint density at radius 1 is 1.07 bits per heavy atom. The molecule has 3 rings (SSSR count). The van der Waals surface area contributed by atoms with Crippen LogP contribution in [0.15, 0.2) is 59.3 Å². The van der Waals surface area contributed by atoms with Gasteiger partial charge in [-0.25, -0.2) is 4.79 Å². The lowest BCUT2D eigenvalue weighted by Crippen LogP contribution is -2.30. The first-order chi connectivity index (χ1) is 14.2. The Morgan fingerprint density at radius 3 is 2.43 bits per heavy atom. The fraction of sp³-hybridized carbons (Fsp3) is 0.143. The summed E-state index contributed by atoms with van der Waals surface area (Å²) < 4.78 is 43.8. The molecule has 0 saturated carbocycles. The topological polar surface area (TPSA) is 55.4 Å². The van der Waals surface area contributed by atoms with Gasteiger partial charge in [-0.1, -0.05) is 18.2 Å². The smallest absolute Gasteiger partial charge is 0.416 e. The molecule has 4 nitrogen and oxygen atoms in total. The minimum atomic E-state index is -4.53. The highest BCUT2D eigenvalue weighted by Crippen LogP contribution is 2.31. The fourth-order valence-electron chi connectivity index (χ4n) is 2.47. The van der Waals surface area contributed by atoms with E-state index in [1.54, 1.807) is 18.2 Å². The molecule has 0 unspecified atom stereocenters. The van der Waals surface area contributed by atoms with Gasteiger partial charge >= 0.3 is 12.1 Å². The maximum atomic E-state index is 12.8. The van der Waals surface area contributed by atoms with Gasteiger partial charge in [0.2, 0.25) is 0 Å². The van der Waals surface area contributed by atoms with Gasteiger partial charge in [-0.3, -0.25) is 4.79 Å². The lowest BCUT2D eigenvalue weighted by Gasteiger charge is -2.15. The first-order valence-corrected chi connectivity index (χ1v) is 10.5. The van der Waals surface area contributed by atoms with E-state index in [2.05, 4.69) is 5.32 Å². The number of hydrogen-bond donors (Lipinski definition) is 1. The third-order valence-corrected chi connectivity index (χ3v) is 5.67. The van der Waals surface area contributed by atoms with Gasteiger partial charge in [0.25, 0.3) is 5.91 Å². The molecule has 0 aliphatic rings. The lowest BCUT2D eigenvalue weighted by atomic mass is 10.2. The number of benzene rings is 1. The van der Waals surface area contributed by atoms with Crippen LogP contribution in [0.1, 0.15) is 22.2 Å². The maximum absolute atomic E-state index is 12.8. The van der Waals surface area contributed by atoms with Crippen LogP contribution >= 0.6 is 22.7 Å². The lowest BCUT2D eigenvalue weighted by molar-refractivity contribution is -0.147. The second-order valence-electron chi connectivity index (χ2n) is 6.17. The van der Waals surface area contributed by atoms with Crippen LogP contribution < -0.4 is 5.32 Å². The summed E-state index contributed by atoms with van der Waals surface area (Å²) >= 11 is 2.80. The van der Waals surface area contributed by atoms with Crippen molar-refractivity contribution < 1.29 is 27.5 Å². The van der Waals surface area contributed by atoms with Gasteiger partial charge in [-0.15, -0.1) is 22.7 Å². The Labute approximate surface area is 178 Å². The number of alkyl halides is 3. The first kappa shape index (κ1) is 21.8. The van der Waals surface area contributed by atoms with E-state index in [4.69, 9.17) is 4.74 Å². The van der Waals surface area contributed by atoms with Crippen LogP contribution in [-0.2, 0) is 20.5 Å². The van der Waals surface area contributed by atoms with Crippen molar-refractivity contribution in [2.45, 2.75) is 19.2 Å². The van der Waals surface area contributed by atoms with Gasteiger partial charge < -0.3 is 10.1 Å². The molecule has 0 aliphatic heterocycles. The summed E-state index contributed by atoms with van der Waals surface area (Å²) in [7, 11) is 0. The number of carbonyl (C=O) groups excluding carboxylic acids is 2. The van der Waals surface area contributed by atoms with Gasteiger partial charge in [0.1, 0.15) is 0 Å². The molecule has 1 atom stereocenters. The minimum Gasteiger partial charge on any atom is -0.449 e. The van der Waals surface area contributed by atoms with Gasteiger partial charge in [0.05, 0.1) is 11.1 Å². The van der Waals surface area contributed by atoms with Crippen LogP contribution in [0.4, 0.5) is 18.9 Å². The molecule has 156 valence electrons. The minimum absolute atomic E-state index is 0.0367. The monoisotopic (exact) mass is 451 g/mol. The zero-order valence-electron chi connectivity index (χ0n) is 15.6. The molecule has 0 fully saturated rings. The average molecular weight is 451 g/mol. The molecular weight excluding hydrogens is 435 g/mol. The van der Waals surface area contributed by atoms with Gasteiger partial charge in [-0.2, -0.15) is 13.2 Å². The molecule has 1 N–H and O–H groups in total. The normalized spacial score (nSPS) is 13.0. The molecule has 3 aromatic rings. The second-order valence-corrected chi connectivity index (χ2v) is 8.09. The summed E-state index contributed by atoms with van der Waals surface area (Å²) in [5.41, 5.74) is -0.625. The maximum Gasteiger partial charge on any atom is 0.416 e. The molecular formula is C21H16F3NO3S2. The molecule has 2 heterocycles. The number of ether oxygens (including phenoxy) is 1. The third kappa shape index (κ3) is 5.58. The molecule has 0 saturated heterocycles. The van der Waals surface area contributed by atoms with Crippen molar-refractivity contribution >= 4 is 51.9 Å². The van der Waals surface area contributed by atoms with Crippen LogP contribution in [0.5, 0.6) is 0 Å². The van der Waals surface area contributed by atoms with Gasteiger partial charge in [-0.05, 0) is 54.1 Å². The SMILES string of the molecule is C[C@H](OC(=O)/C(=C/c1cccs1)c1cccs1)C(=O)Nc1cccc(C(F)(F)F)c1. The van der Waals surface area contributed by atoms with E-state index >= 15 is 0 Å². The zero-order valence-corrected chi connectivity index (χ0v) is 17.2. The Hall–Kier alpha value is -2.91. The molecule has 9 heteroatoms. The van der Waals surface area contributed by atoms with E-state index < -0.39 is 29.7 Å². The number of nitrogens with one attached hydrogen (secondary N) is 1. The Bertz CT molecular complexity index is 1040. The first-order valence-electron chi connectivity index (χ1n) is 8.72. The van der Waals surface area contributed by atoms with Crippen molar-refractivity contribution in [2.24, 2.45) is 0 Å². The van der Waals surface area contributed by atoms with Gasteiger partial charge in [0.15, 0.2) is 6.10 Å². The van der Waals surface area contributed by atoms with E-state index in [0.29, 0.717) is 10.5 Å². The second kappa shape index (κ2) is 9.27. The highest BCUT2D eigenvalue weighted by Gasteiger charge is 2.30. The van der Waals surface area contributed by atoms with E-state index in [9.17, 15) is 22.8 Å². The largest absolute Gasteiger partial charge is 0.449 e. The molecule has 1 aromatic carbocycles. The van der Waals surface area contributed by atoms with Crippen LogP contribution in [0.3, 0.4) is 0 Å². The summed E-state index contributed by atoms with van der Waals surface area (Å²) in [5, 5.41) is 6.03. The summed E-state index contributed by atoms with van der Waals surface area (Å²) in [5.74, 6) is -1.43. The number of thiophene rings is 2. The van der Waals surface area contributed by atoms with E-state index in [1.165, 1.54) is 41.7 Å². The van der Waals surface area contributed by atoms with Crippen LogP contribution in [0, 0.1) is 0 Å². The highest BCUT2D eigenvalue weighted by atomic mass is 32.1. The number of amides is 1. The zero-order chi connectivity index (χ0) is 21.7. The van der Waals surface area contributed by atoms with Crippen molar-refractivity contribution in [1.82, 2.24) is 0 Å². The molecule has 1 amide bonds. The van der Waals surface area contributed by atoms with E-state index in [-0.39, 0.29) is 5.69 Å². The molecule has 0 spiro atoms. The van der Waals surface area contributed by atoms with Crippen LogP contribution in [0.25, 0.3) is 11.6 Å². The molecule has 2 aromatic heterocycles. The predicted octanol–water partition coefficient (Wildman–Crippen LogP) is 5.94. The Balaban J connectivity index is 1.71. The molecule has 0 radical (unpaired) electrons. The van der Waals surface area contributed by atoms with Crippen molar-refractivity contribution in [3.63, 3.8) is 0 Å². The van der Waals surface area contributed by atoms with E-state index in [1.807, 2.05) is 22.9 Å². The van der Waals surface area contributed by atoms with Crippen molar-refractivity contribution in [3.05, 3.63) is 74.6 Å². The fourth-order valence-corrected chi connectivity index (χ4v) is 3.86. The number of rotatable bonds is 6. The van der Waals surface area contributed by atoms with Crippen molar-refractivity contribution in [3.8, 4) is 0 Å². The number of carbonyl (C=O) groups is 2. The predicted molar refractivity (Wildman–Crippen MR) is 112 cm³/mol. The summed E-state index contributed by atoms with van der Waals surface area (Å²) in [6.45, 7) is 1.36. The van der Waals surface area contributed by atoms with Crippen molar-refractivity contribution in [1.29, 1.82) is 0 Å². The molecule has 0 aliphatic carbocycles. The van der Waals surface area contributed by atoms with Gasteiger partial charge in [0, 0.05) is 15.4 Å². The Kier molecular flexibility index (Phi) is 6.73. The van der Waals surface area contributed by atoms with E-state index in [0.717, 1.165) is 17.0 Å². The van der Waals surface area contributed by atoms with Crippen LogP contribution in [-0.4, -0.2) is 18.0 Å². The number of anilines is 1. The standard InChI is InChI=1S/C21H16F3NO3S2/c1-13(19(26)25-15-6-2-5-14(11-15)21(22,23)24)28-20(27)17(18-8-4-10-30-18)12-16-7-3-9-29-16/h2-13H,1H3,(H,25,26)/b17-12+/t13-/m0/s1. The average Bonchev–Trinajstić information content (AvgIpc) is 3.39. The summed E-state index contributed by atoms with van der Waals surface area (Å²) in [6, 6.07) is 11.5. The highest BCUT2D eigenvalue weighted by molar-refractivity contribution is 7.12. The summed E-state index contributed by atoms with van der Waals surface area (Å²) in [4.78, 5) is 26.6. The third-order valence-electron chi connectivity index (χ3n) is 3.95. The molecule has 30 heavy (non-hydrogen) atoms. The number of hydrogen-bond acceptors (Lipinski definition) is 5. The number of esters is 1. The quantitative estimate of drug-likeness (QED) is 0.373. The number of halogens is 3. The Morgan fingerprint density at radius 2 is 1.80 bits per heavy atom. The van der Waals surface area contributed by atoms with Crippen molar-refractivity contribution in [2.75, 3.05) is 5.32 Å².